The van der Waals surface area contributed by atoms with Gasteiger partial charge in [-0.25, -0.2) is 13.8 Å². The molecule has 2 N–H and O–H groups in total. The van der Waals surface area contributed by atoms with Gasteiger partial charge >= 0.3 is 0 Å². The number of likely N-dealkylation sites (tertiary alicyclic amines) is 2. The Morgan fingerprint density at radius 3 is 2.69 bits per heavy atom. The van der Waals surface area contributed by atoms with E-state index in [1.807, 2.05) is 17.8 Å². The Bertz CT molecular complexity index is 942. The van der Waals surface area contributed by atoms with E-state index in [0.29, 0.717) is 32.0 Å². The monoisotopic (exact) mass is 448 g/mol. The Morgan fingerprint density at radius 2 is 2.03 bits per heavy atom. The smallest absolute Gasteiger partial charge is 0.268 e. The molecule has 2 aliphatic rings. The standard InChI is InChI=1S/C21H30F2N8O/c1-14-17(13-31(28-14)15-4-9-29(2)10-5-15)26-21-25-12-16(19(22)23)20(27-21)24-7-3-8-30-11-6-18(30)32/h12-13,15,19H,3-11H2,1-2H3,(H2,24,25,26,27). The van der Waals surface area contributed by atoms with Crippen LogP contribution in [-0.4, -0.2) is 75.2 Å². The van der Waals surface area contributed by atoms with Crippen LogP contribution in [0.3, 0.4) is 0 Å². The molecule has 2 saturated heterocycles. The maximum Gasteiger partial charge on any atom is 0.268 e. The van der Waals surface area contributed by atoms with Crippen LogP contribution < -0.4 is 10.6 Å². The third kappa shape index (κ3) is 5.14. The highest BCUT2D eigenvalue weighted by Crippen LogP contribution is 2.28. The van der Waals surface area contributed by atoms with E-state index in [9.17, 15) is 13.6 Å². The van der Waals surface area contributed by atoms with Crippen LogP contribution in [0.15, 0.2) is 12.4 Å². The van der Waals surface area contributed by atoms with Crippen molar-refractivity contribution >= 4 is 23.4 Å². The molecule has 4 heterocycles. The first kappa shape index (κ1) is 22.4. The number of piperidine rings is 1. The third-order valence-electron chi connectivity index (χ3n) is 6.12. The Balaban J connectivity index is 1.41. The van der Waals surface area contributed by atoms with Gasteiger partial charge in [0.1, 0.15) is 5.82 Å². The zero-order valence-electron chi connectivity index (χ0n) is 18.5. The molecule has 0 atom stereocenters. The van der Waals surface area contributed by atoms with Gasteiger partial charge in [-0.15, -0.1) is 0 Å². The number of anilines is 3. The molecule has 174 valence electrons. The summed E-state index contributed by atoms with van der Waals surface area (Å²) in [6.45, 7) is 5.79. The SMILES string of the molecule is Cc1nn(C2CCN(C)CC2)cc1Nc1ncc(C(F)F)c(NCCCN2CCC2=O)n1. The Morgan fingerprint density at radius 1 is 1.25 bits per heavy atom. The van der Waals surface area contributed by atoms with Crippen LogP contribution in [-0.2, 0) is 4.79 Å². The van der Waals surface area contributed by atoms with Gasteiger partial charge in [-0.05, 0) is 46.3 Å². The third-order valence-corrected chi connectivity index (χ3v) is 6.12. The first-order valence-electron chi connectivity index (χ1n) is 11.1. The average molecular weight is 449 g/mol. The van der Waals surface area contributed by atoms with E-state index in [4.69, 9.17) is 0 Å². The molecule has 0 spiro atoms. The van der Waals surface area contributed by atoms with E-state index < -0.39 is 6.43 Å². The van der Waals surface area contributed by atoms with E-state index >= 15 is 0 Å². The number of rotatable bonds is 9. The van der Waals surface area contributed by atoms with Gasteiger partial charge in [0.15, 0.2) is 0 Å². The summed E-state index contributed by atoms with van der Waals surface area (Å²) in [6.07, 6.45) is 3.73. The van der Waals surface area contributed by atoms with Crippen molar-refractivity contribution in [3.8, 4) is 0 Å². The molecule has 0 bridgehead atoms. The van der Waals surface area contributed by atoms with E-state index in [1.165, 1.54) is 0 Å². The maximum atomic E-state index is 13.4. The lowest BCUT2D eigenvalue weighted by Gasteiger charge is -2.30. The topological polar surface area (TPSA) is 91.2 Å². The predicted octanol–water partition coefficient (Wildman–Crippen LogP) is 2.96. The normalized spacial score (nSPS) is 17.7. The fraction of sp³-hybridized carbons (Fsp3) is 0.619. The lowest BCUT2D eigenvalue weighted by molar-refractivity contribution is -0.139. The van der Waals surface area contributed by atoms with Crippen LogP contribution in [0.1, 0.15) is 49.4 Å². The van der Waals surface area contributed by atoms with Crippen LogP contribution in [0.4, 0.5) is 26.2 Å². The van der Waals surface area contributed by atoms with Crippen molar-refractivity contribution in [1.82, 2.24) is 29.5 Å². The number of alkyl halides is 2. The van der Waals surface area contributed by atoms with Crippen LogP contribution in [0.2, 0.25) is 0 Å². The van der Waals surface area contributed by atoms with Gasteiger partial charge in [-0.1, -0.05) is 0 Å². The summed E-state index contributed by atoms with van der Waals surface area (Å²) in [5.41, 5.74) is 1.32. The summed E-state index contributed by atoms with van der Waals surface area (Å²) in [5.74, 6) is 0.483. The van der Waals surface area contributed by atoms with Crippen LogP contribution >= 0.6 is 0 Å². The summed E-state index contributed by atoms with van der Waals surface area (Å²) in [5, 5.41) is 10.7. The molecule has 11 heteroatoms. The molecule has 4 rings (SSSR count). The molecule has 0 unspecified atom stereocenters. The number of hydrogen-bond donors (Lipinski definition) is 2. The number of β-lactam (4-membered cyclic amide) rings is 1. The van der Waals surface area contributed by atoms with Gasteiger partial charge < -0.3 is 20.4 Å². The fourth-order valence-electron chi connectivity index (χ4n) is 4.00. The van der Waals surface area contributed by atoms with Gasteiger partial charge in [-0.3, -0.25) is 9.48 Å². The van der Waals surface area contributed by atoms with E-state index in [-0.39, 0.29) is 23.2 Å². The van der Waals surface area contributed by atoms with Gasteiger partial charge in [0, 0.05) is 38.4 Å². The van der Waals surface area contributed by atoms with Crippen molar-refractivity contribution in [3.63, 3.8) is 0 Å². The molecule has 0 saturated carbocycles. The maximum absolute atomic E-state index is 13.4. The van der Waals surface area contributed by atoms with Gasteiger partial charge in [0.2, 0.25) is 11.9 Å². The van der Waals surface area contributed by atoms with E-state index in [2.05, 4.69) is 37.6 Å². The summed E-state index contributed by atoms with van der Waals surface area (Å²) >= 11 is 0. The molecule has 32 heavy (non-hydrogen) atoms. The molecule has 9 nitrogen and oxygen atoms in total. The largest absolute Gasteiger partial charge is 0.369 e. The van der Waals surface area contributed by atoms with Gasteiger partial charge in [-0.2, -0.15) is 10.1 Å². The molecule has 0 aromatic carbocycles. The number of nitrogens with zero attached hydrogens (tertiary/aromatic N) is 6. The zero-order valence-corrected chi connectivity index (χ0v) is 18.5. The second-order valence-corrected chi connectivity index (χ2v) is 8.48. The second kappa shape index (κ2) is 9.76. The zero-order chi connectivity index (χ0) is 22.7. The van der Waals surface area contributed by atoms with E-state index in [0.717, 1.165) is 50.1 Å². The first-order chi connectivity index (χ1) is 15.4. The highest BCUT2D eigenvalue weighted by Gasteiger charge is 2.23. The molecule has 2 aromatic heterocycles. The highest BCUT2D eigenvalue weighted by atomic mass is 19.3. The van der Waals surface area contributed by atoms with Crippen molar-refractivity contribution in [3.05, 3.63) is 23.7 Å². The van der Waals surface area contributed by atoms with Crippen LogP contribution in [0.25, 0.3) is 0 Å². The predicted molar refractivity (Wildman–Crippen MR) is 117 cm³/mol. The molecular weight excluding hydrogens is 418 g/mol. The van der Waals surface area contributed by atoms with Crippen molar-refractivity contribution in [2.45, 2.75) is 45.1 Å². The van der Waals surface area contributed by atoms with Crippen molar-refractivity contribution in [2.24, 2.45) is 0 Å². The average Bonchev–Trinajstić information content (AvgIpc) is 3.13. The molecule has 2 aliphatic heterocycles. The number of aromatic nitrogens is 4. The molecule has 1 amide bonds. The van der Waals surface area contributed by atoms with Gasteiger partial charge in [0.25, 0.3) is 6.43 Å². The highest BCUT2D eigenvalue weighted by molar-refractivity contribution is 5.81. The summed E-state index contributed by atoms with van der Waals surface area (Å²) in [6, 6.07) is 0.345. The number of hydrogen-bond acceptors (Lipinski definition) is 7. The summed E-state index contributed by atoms with van der Waals surface area (Å²) < 4.78 is 28.8. The van der Waals surface area contributed by atoms with Crippen molar-refractivity contribution < 1.29 is 13.6 Å². The van der Waals surface area contributed by atoms with Crippen molar-refractivity contribution in [2.75, 3.05) is 50.4 Å². The lowest BCUT2D eigenvalue weighted by atomic mass is 10.1. The van der Waals surface area contributed by atoms with Crippen LogP contribution in [0, 0.1) is 6.92 Å². The minimum atomic E-state index is -2.68. The number of aryl methyl sites for hydroxylation is 1. The Hall–Kier alpha value is -2.82. The number of nitrogens with one attached hydrogen (secondary N) is 2. The first-order valence-corrected chi connectivity index (χ1v) is 11.1. The Kier molecular flexibility index (Phi) is 6.83. The van der Waals surface area contributed by atoms with Crippen molar-refractivity contribution in [1.29, 1.82) is 0 Å². The minimum absolute atomic E-state index is 0.104. The quantitative estimate of drug-likeness (QED) is 0.450. The van der Waals surface area contributed by atoms with Crippen LogP contribution in [0.5, 0.6) is 0 Å². The number of carbonyl (C=O) groups is 1. The number of carbonyl (C=O) groups excluding carboxylic acids is 1. The molecule has 2 aromatic rings. The van der Waals surface area contributed by atoms with E-state index in [1.54, 1.807) is 4.90 Å². The minimum Gasteiger partial charge on any atom is -0.369 e. The number of halogens is 2. The summed E-state index contributed by atoms with van der Waals surface area (Å²) in [7, 11) is 2.12. The summed E-state index contributed by atoms with van der Waals surface area (Å²) in [4.78, 5) is 23.8. The fourth-order valence-corrected chi connectivity index (χ4v) is 4.00. The Labute approximate surface area is 186 Å². The second-order valence-electron chi connectivity index (χ2n) is 8.48. The molecule has 2 fully saturated rings. The van der Waals surface area contributed by atoms with Gasteiger partial charge in [0.05, 0.1) is 23.0 Å². The number of amides is 1. The molecule has 0 radical (unpaired) electrons. The molecule has 0 aliphatic carbocycles. The molecular formula is C21H30F2N8O. The lowest BCUT2D eigenvalue weighted by Crippen LogP contribution is -2.44.